The third-order valence-electron chi connectivity index (χ3n) is 5.08. The normalized spacial score (nSPS) is 15.6. The highest BCUT2D eigenvalue weighted by Gasteiger charge is 2.24. The summed E-state index contributed by atoms with van der Waals surface area (Å²) < 4.78 is 11.8. The molecule has 1 aliphatic rings. The SMILES string of the molecule is CCOc1cc(/C=C2\SC(=Nc3ccc(C)c(Cl)c3)NC2=O)ccc1OCc1cccc(C)c1. The van der Waals surface area contributed by atoms with Crippen LogP contribution in [0.15, 0.2) is 70.6 Å². The Kier molecular flexibility index (Phi) is 7.60. The number of amidine groups is 1. The van der Waals surface area contributed by atoms with Crippen molar-refractivity contribution in [3.63, 3.8) is 0 Å². The zero-order valence-corrected chi connectivity index (χ0v) is 20.8. The molecule has 1 amide bonds. The van der Waals surface area contributed by atoms with E-state index in [1.165, 1.54) is 17.3 Å². The maximum absolute atomic E-state index is 12.5. The molecule has 0 aliphatic carbocycles. The van der Waals surface area contributed by atoms with Crippen molar-refractivity contribution >= 4 is 46.2 Å². The summed E-state index contributed by atoms with van der Waals surface area (Å²) in [5.41, 5.74) is 4.78. The number of rotatable bonds is 7. The van der Waals surface area contributed by atoms with Gasteiger partial charge < -0.3 is 14.8 Å². The van der Waals surface area contributed by atoms with Gasteiger partial charge in [-0.25, -0.2) is 4.99 Å². The van der Waals surface area contributed by atoms with Gasteiger partial charge in [-0.1, -0.05) is 53.6 Å². The Morgan fingerprint density at radius 3 is 2.65 bits per heavy atom. The second kappa shape index (κ2) is 10.8. The largest absolute Gasteiger partial charge is 0.490 e. The van der Waals surface area contributed by atoms with E-state index in [4.69, 9.17) is 21.1 Å². The summed E-state index contributed by atoms with van der Waals surface area (Å²) in [4.78, 5) is 17.6. The molecule has 1 N–H and O–H groups in total. The van der Waals surface area contributed by atoms with Crippen LogP contribution < -0.4 is 14.8 Å². The average Bonchev–Trinajstić information content (AvgIpc) is 3.14. The monoisotopic (exact) mass is 492 g/mol. The van der Waals surface area contributed by atoms with Gasteiger partial charge in [0, 0.05) is 5.02 Å². The molecule has 0 bridgehead atoms. The molecule has 0 aromatic heterocycles. The Balaban J connectivity index is 1.51. The molecule has 0 spiro atoms. The number of carbonyl (C=O) groups is 1. The third-order valence-corrected chi connectivity index (χ3v) is 6.40. The Hall–Kier alpha value is -3.22. The topological polar surface area (TPSA) is 59.9 Å². The summed E-state index contributed by atoms with van der Waals surface area (Å²) in [7, 11) is 0. The summed E-state index contributed by atoms with van der Waals surface area (Å²) in [6, 6.07) is 19.4. The van der Waals surface area contributed by atoms with Crippen LogP contribution in [-0.2, 0) is 11.4 Å². The summed E-state index contributed by atoms with van der Waals surface area (Å²) in [6.07, 6.45) is 1.82. The van der Waals surface area contributed by atoms with Crippen molar-refractivity contribution in [2.75, 3.05) is 6.61 Å². The fourth-order valence-corrected chi connectivity index (χ4v) is 4.38. The van der Waals surface area contributed by atoms with Crippen LogP contribution in [0.5, 0.6) is 11.5 Å². The number of benzene rings is 3. The lowest BCUT2D eigenvalue weighted by atomic mass is 10.1. The Bertz CT molecular complexity index is 1290. The summed E-state index contributed by atoms with van der Waals surface area (Å²) in [6.45, 7) is 6.87. The smallest absolute Gasteiger partial charge is 0.264 e. The Morgan fingerprint density at radius 1 is 1.03 bits per heavy atom. The van der Waals surface area contributed by atoms with Gasteiger partial charge in [-0.05, 0) is 79.6 Å². The van der Waals surface area contributed by atoms with Gasteiger partial charge in [0.05, 0.1) is 17.2 Å². The van der Waals surface area contributed by atoms with E-state index < -0.39 is 0 Å². The van der Waals surface area contributed by atoms with Gasteiger partial charge in [0.15, 0.2) is 16.7 Å². The summed E-state index contributed by atoms with van der Waals surface area (Å²) >= 11 is 7.47. The van der Waals surface area contributed by atoms with Gasteiger partial charge in [-0.15, -0.1) is 0 Å². The molecule has 1 aliphatic heterocycles. The van der Waals surface area contributed by atoms with Gasteiger partial charge in [-0.3, -0.25) is 4.79 Å². The second-order valence-electron chi connectivity index (χ2n) is 7.83. The number of thioether (sulfide) groups is 1. The van der Waals surface area contributed by atoms with E-state index in [0.29, 0.717) is 45.5 Å². The number of hydrogen-bond acceptors (Lipinski definition) is 5. The van der Waals surface area contributed by atoms with E-state index in [0.717, 1.165) is 16.7 Å². The molecule has 7 heteroatoms. The highest BCUT2D eigenvalue weighted by molar-refractivity contribution is 8.18. The van der Waals surface area contributed by atoms with E-state index in [-0.39, 0.29) is 5.91 Å². The number of carbonyl (C=O) groups excluding carboxylic acids is 1. The molecule has 174 valence electrons. The van der Waals surface area contributed by atoms with Gasteiger partial charge in [-0.2, -0.15) is 0 Å². The lowest BCUT2D eigenvalue weighted by Gasteiger charge is -2.13. The van der Waals surface area contributed by atoms with Crippen molar-refractivity contribution in [1.29, 1.82) is 0 Å². The van der Waals surface area contributed by atoms with E-state index in [1.54, 1.807) is 6.07 Å². The second-order valence-corrected chi connectivity index (χ2v) is 9.27. The predicted molar refractivity (Wildman–Crippen MR) is 140 cm³/mol. The number of amides is 1. The molecule has 1 saturated heterocycles. The molecule has 0 unspecified atom stereocenters. The van der Waals surface area contributed by atoms with Crippen LogP contribution >= 0.6 is 23.4 Å². The van der Waals surface area contributed by atoms with Gasteiger partial charge in [0.2, 0.25) is 0 Å². The average molecular weight is 493 g/mol. The maximum atomic E-state index is 12.5. The fraction of sp³-hybridized carbons (Fsp3) is 0.185. The molecular formula is C27H25ClN2O3S. The first-order chi connectivity index (χ1) is 16.4. The fourth-order valence-electron chi connectivity index (χ4n) is 3.37. The molecule has 4 rings (SSSR count). The third kappa shape index (κ3) is 6.01. The van der Waals surface area contributed by atoms with E-state index in [2.05, 4.69) is 29.4 Å². The van der Waals surface area contributed by atoms with Crippen molar-refractivity contribution in [3.8, 4) is 11.5 Å². The van der Waals surface area contributed by atoms with Crippen molar-refractivity contribution in [1.82, 2.24) is 5.32 Å². The molecular weight excluding hydrogens is 468 g/mol. The molecule has 34 heavy (non-hydrogen) atoms. The molecule has 3 aromatic rings. The number of nitrogens with zero attached hydrogens (tertiary/aromatic N) is 1. The number of nitrogens with one attached hydrogen (secondary N) is 1. The van der Waals surface area contributed by atoms with Crippen LogP contribution in [0.1, 0.15) is 29.2 Å². The number of aliphatic imine (C=N–C) groups is 1. The quantitative estimate of drug-likeness (QED) is 0.367. The minimum Gasteiger partial charge on any atom is -0.490 e. The molecule has 1 fully saturated rings. The highest BCUT2D eigenvalue weighted by Crippen LogP contribution is 2.33. The van der Waals surface area contributed by atoms with Crippen LogP contribution in [-0.4, -0.2) is 17.7 Å². The van der Waals surface area contributed by atoms with E-state index >= 15 is 0 Å². The van der Waals surface area contributed by atoms with Gasteiger partial charge in [0.1, 0.15) is 6.61 Å². The standard InChI is InChI=1S/C27H25ClN2O3S/c1-4-32-24-13-19(9-11-23(24)33-16-20-7-5-6-17(2)12-20)14-25-26(31)30-27(34-25)29-21-10-8-18(3)22(28)15-21/h5-15H,4,16H2,1-3H3,(H,29,30,31)/b25-14-. The first kappa shape index (κ1) is 23.9. The van der Waals surface area contributed by atoms with Crippen molar-refractivity contribution in [2.45, 2.75) is 27.4 Å². The minimum atomic E-state index is -0.195. The zero-order chi connectivity index (χ0) is 24.1. The van der Waals surface area contributed by atoms with Crippen LogP contribution in [0.2, 0.25) is 5.02 Å². The van der Waals surface area contributed by atoms with Crippen LogP contribution in [0.4, 0.5) is 5.69 Å². The van der Waals surface area contributed by atoms with Gasteiger partial charge in [0.25, 0.3) is 5.91 Å². The predicted octanol–water partition coefficient (Wildman–Crippen LogP) is 6.83. The summed E-state index contributed by atoms with van der Waals surface area (Å²) in [5.74, 6) is 1.10. The number of aryl methyl sites for hydroxylation is 2. The lowest BCUT2D eigenvalue weighted by Crippen LogP contribution is -2.19. The van der Waals surface area contributed by atoms with Crippen LogP contribution in [0, 0.1) is 13.8 Å². The molecule has 0 radical (unpaired) electrons. The minimum absolute atomic E-state index is 0.195. The van der Waals surface area contributed by atoms with Crippen molar-refractivity contribution in [2.24, 2.45) is 4.99 Å². The first-order valence-corrected chi connectivity index (χ1v) is 12.1. The van der Waals surface area contributed by atoms with Crippen LogP contribution in [0.25, 0.3) is 6.08 Å². The highest BCUT2D eigenvalue weighted by atomic mass is 35.5. The maximum Gasteiger partial charge on any atom is 0.264 e. The molecule has 5 nitrogen and oxygen atoms in total. The Labute approximate surface area is 208 Å². The first-order valence-electron chi connectivity index (χ1n) is 10.9. The lowest BCUT2D eigenvalue weighted by molar-refractivity contribution is -0.115. The molecule has 1 heterocycles. The number of ether oxygens (including phenoxy) is 2. The Morgan fingerprint density at radius 2 is 1.88 bits per heavy atom. The zero-order valence-electron chi connectivity index (χ0n) is 19.2. The van der Waals surface area contributed by atoms with Crippen LogP contribution in [0.3, 0.4) is 0 Å². The number of halogens is 1. The van der Waals surface area contributed by atoms with E-state index in [9.17, 15) is 4.79 Å². The van der Waals surface area contributed by atoms with Crippen molar-refractivity contribution in [3.05, 3.63) is 92.8 Å². The van der Waals surface area contributed by atoms with Gasteiger partial charge >= 0.3 is 0 Å². The number of hydrogen-bond donors (Lipinski definition) is 1. The summed E-state index contributed by atoms with van der Waals surface area (Å²) in [5, 5.41) is 3.96. The van der Waals surface area contributed by atoms with E-state index in [1.807, 2.05) is 62.4 Å². The molecule has 3 aromatic carbocycles. The molecule has 0 saturated carbocycles. The molecule has 0 atom stereocenters. The van der Waals surface area contributed by atoms with Crippen molar-refractivity contribution < 1.29 is 14.3 Å².